The lowest BCUT2D eigenvalue weighted by molar-refractivity contribution is 0.101. The Hall–Kier alpha value is -1.38. The second-order valence-electron chi connectivity index (χ2n) is 2.37. The Kier molecular flexibility index (Phi) is 2.80. The van der Waals surface area contributed by atoms with Gasteiger partial charge in [-0.1, -0.05) is 0 Å². The Balaban J connectivity index is 2.78. The summed E-state index contributed by atoms with van der Waals surface area (Å²) in [6.07, 6.45) is 1.56. The zero-order valence-electron chi connectivity index (χ0n) is 7.20. The highest BCUT2D eigenvalue weighted by Gasteiger charge is 1.99. The molecule has 0 unspecified atom stereocenters. The summed E-state index contributed by atoms with van der Waals surface area (Å²) in [5.74, 6) is 0.667. The van der Waals surface area contributed by atoms with Crippen LogP contribution in [-0.2, 0) is 0 Å². The van der Waals surface area contributed by atoms with Crippen molar-refractivity contribution in [2.24, 2.45) is 0 Å². The van der Waals surface area contributed by atoms with Crippen LogP contribution >= 0.6 is 0 Å². The molecule has 1 heterocycles. The zero-order valence-corrected chi connectivity index (χ0v) is 7.20. The van der Waals surface area contributed by atoms with Gasteiger partial charge < -0.3 is 4.74 Å². The first-order chi connectivity index (χ1) is 5.74. The lowest BCUT2D eigenvalue weighted by Gasteiger charge is -2.01. The van der Waals surface area contributed by atoms with Crippen molar-refractivity contribution in [3.05, 3.63) is 24.0 Å². The second kappa shape index (κ2) is 3.85. The van der Waals surface area contributed by atoms with E-state index >= 15 is 0 Å². The number of Topliss-reactive ketones (excluding diaryl/α,β-unsaturated/α-hetero) is 1. The van der Waals surface area contributed by atoms with Gasteiger partial charge in [-0.25, -0.2) is 4.98 Å². The molecule has 0 amide bonds. The highest BCUT2D eigenvalue weighted by atomic mass is 16.5. The van der Waals surface area contributed by atoms with Crippen LogP contribution in [-0.4, -0.2) is 17.4 Å². The van der Waals surface area contributed by atoms with Crippen molar-refractivity contribution in [2.75, 3.05) is 6.61 Å². The third-order valence-electron chi connectivity index (χ3n) is 1.41. The number of nitrogens with zero attached hydrogens (tertiary/aromatic N) is 1. The molecular formula is C9H11NO2. The molecule has 0 fully saturated rings. The number of ether oxygens (including phenoxy) is 1. The molecular weight excluding hydrogens is 154 g/mol. The van der Waals surface area contributed by atoms with Crippen molar-refractivity contribution >= 4 is 5.78 Å². The minimum Gasteiger partial charge on any atom is -0.492 e. The number of carbonyl (C=O) groups excluding carboxylic acids is 1. The predicted octanol–water partition coefficient (Wildman–Crippen LogP) is 1.68. The minimum atomic E-state index is -0.0296. The van der Waals surface area contributed by atoms with E-state index in [-0.39, 0.29) is 5.78 Å². The summed E-state index contributed by atoms with van der Waals surface area (Å²) in [7, 11) is 0. The number of carbonyl (C=O) groups is 1. The van der Waals surface area contributed by atoms with Gasteiger partial charge in [0.25, 0.3) is 0 Å². The third-order valence-corrected chi connectivity index (χ3v) is 1.41. The van der Waals surface area contributed by atoms with E-state index in [1.807, 2.05) is 6.92 Å². The summed E-state index contributed by atoms with van der Waals surface area (Å²) >= 11 is 0. The Morgan fingerprint density at radius 1 is 1.58 bits per heavy atom. The van der Waals surface area contributed by atoms with Gasteiger partial charge in [0.05, 0.1) is 12.8 Å². The van der Waals surface area contributed by atoms with E-state index in [2.05, 4.69) is 4.98 Å². The van der Waals surface area contributed by atoms with Crippen LogP contribution in [0.15, 0.2) is 18.3 Å². The van der Waals surface area contributed by atoms with Crippen molar-refractivity contribution in [3.63, 3.8) is 0 Å². The summed E-state index contributed by atoms with van der Waals surface area (Å²) in [6, 6.07) is 3.40. The van der Waals surface area contributed by atoms with Gasteiger partial charge in [0.1, 0.15) is 11.4 Å². The second-order valence-corrected chi connectivity index (χ2v) is 2.37. The van der Waals surface area contributed by atoms with Crippen LogP contribution in [0.25, 0.3) is 0 Å². The zero-order chi connectivity index (χ0) is 8.97. The fourth-order valence-corrected chi connectivity index (χ4v) is 0.841. The van der Waals surface area contributed by atoms with Crippen LogP contribution in [0.3, 0.4) is 0 Å². The topological polar surface area (TPSA) is 39.2 Å². The molecule has 0 aromatic carbocycles. The third kappa shape index (κ3) is 2.05. The van der Waals surface area contributed by atoms with Gasteiger partial charge >= 0.3 is 0 Å². The van der Waals surface area contributed by atoms with Crippen molar-refractivity contribution in [3.8, 4) is 5.75 Å². The van der Waals surface area contributed by atoms with Crippen molar-refractivity contribution in [2.45, 2.75) is 13.8 Å². The normalized spacial score (nSPS) is 9.50. The molecule has 1 aromatic heterocycles. The molecule has 0 atom stereocenters. The molecule has 0 N–H and O–H groups in total. The standard InChI is InChI=1S/C9H11NO2/c1-3-12-8-4-5-9(7(2)11)10-6-8/h4-6H,3H2,1-2H3. The Morgan fingerprint density at radius 3 is 2.75 bits per heavy atom. The molecule has 0 saturated carbocycles. The molecule has 0 aliphatic heterocycles. The summed E-state index contributed by atoms with van der Waals surface area (Å²) in [5.41, 5.74) is 0.471. The maximum Gasteiger partial charge on any atom is 0.178 e. The fraction of sp³-hybridized carbons (Fsp3) is 0.333. The molecule has 0 radical (unpaired) electrons. The lowest BCUT2D eigenvalue weighted by Crippen LogP contribution is -1.97. The van der Waals surface area contributed by atoms with E-state index in [0.29, 0.717) is 18.1 Å². The predicted molar refractivity (Wildman–Crippen MR) is 45.4 cm³/mol. The average molecular weight is 165 g/mol. The highest BCUT2D eigenvalue weighted by Crippen LogP contribution is 2.08. The van der Waals surface area contributed by atoms with Crippen LogP contribution in [0.1, 0.15) is 24.3 Å². The SMILES string of the molecule is CCOc1ccc(C(C)=O)nc1. The van der Waals surface area contributed by atoms with Gasteiger partial charge in [0.15, 0.2) is 5.78 Å². The number of ketones is 1. The van der Waals surface area contributed by atoms with E-state index in [1.165, 1.54) is 6.92 Å². The molecule has 0 saturated heterocycles. The van der Waals surface area contributed by atoms with Crippen LogP contribution in [0.2, 0.25) is 0 Å². The monoisotopic (exact) mass is 165 g/mol. The van der Waals surface area contributed by atoms with Gasteiger partial charge in [0, 0.05) is 6.92 Å². The summed E-state index contributed by atoms with van der Waals surface area (Å²) < 4.78 is 5.17. The van der Waals surface area contributed by atoms with Gasteiger partial charge in [-0.15, -0.1) is 0 Å². The molecule has 1 rings (SSSR count). The minimum absolute atomic E-state index is 0.0296. The van der Waals surface area contributed by atoms with Gasteiger partial charge in [0.2, 0.25) is 0 Å². The first-order valence-corrected chi connectivity index (χ1v) is 3.84. The lowest BCUT2D eigenvalue weighted by atomic mass is 10.3. The quantitative estimate of drug-likeness (QED) is 0.640. The Bertz CT molecular complexity index is 266. The summed E-state index contributed by atoms with van der Waals surface area (Å²) in [4.78, 5) is 14.7. The van der Waals surface area contributed by atoms with Crippen molar-refractivity contribution < 1.29 is 9.53 Å². The molecule has 64 valence electrons. The number of aromatic nitrogens is 1. The molecule has 0 aliphatic carbocycles. The van der Waals surface area contributed by atoms with E-state index in [4.69, 9.17) is 4.74 Å². The van der Waals surface area contributed by atoms with E-state index in [1.54, 1.807) is 18.3 Å². The highest BCUT2D eigenvalue weighted by molar-refractivity contribution is 5.92. The Labute approximate surface area is 71.4 Å². The average Bonchev–Trinajstić information content (AvgIpc) is 2.06. The van der Waals surface area contributed by atoms with Gasteiger partial charge in [-0.2, -0.15) is 0 Å². The van der Waals surface area contributed by atoms with E-state index in [0.717, 1.165) is 0 Å². The maximum atomic E-state index is 10.8. The maximum absolute atomic E-state index is 10.8. The molecule has 3 heteroatoms. The molecule has 0 aliphatic rings. The number of hydrogen-bond donors (Lipinski definition) is 0. The summed E-state index contributed by atoms with van der Waals surface area (Å²) in [6.45, 7) is 4.00. The van der Waals surface area contributed by atoms with E-state index in [9.17, 15) is 4.79 Å². The fourth-order valence-electron chi connectivity index (χ4n) is 0.841. The molecule has 1 aromatic rings. The number of pyridine rings is 1. The van der Waals surface area contributed by atoms with E-state index < -0.39 is 0 Å². The number of hydrogen-bond acceptors (Lipinski definition) is 3. The first kappa shape index (κ1) is 8.71. The van der Waals surface area contributed by atoms with Crippen LogP contribution in [0.5, 0.6) is 5.75 Å². The largest absolute Gasteiger partial charge is 0.492 e. The molecule has 0 bridgehead atoms. The van der Waals surface area contributed by atoms with Crippen molar-refractivity contribution in [1.82, 2.24) is 4.98 Å². The van der Waals surface area contributed by atoms with Crippen LogP contribution in [0.4, 0.5) is 0 Å². The Morgan fingerprint density at radius 2 is 2.33 bits per heavy atom. The first-order valence-electron chi connectivity index (χ1n) is 3.84. The number of rotatable bonds is 3. The smallest absolute Gasteiger partial charge is 0.178 e. The van der Waals surface area contributed by atoms with Gasteiger partial charge in [-0.05, 0) is 19.1 Å². The summed E-state index contributed by atoms with van der Waals surface area (Å²) in [5, 5.41) is 0. The molecule has 3 nitrogen and oxygen atoms in total. The van der Waals surface area contributed by atoms with Gasteiger partial charge in [-0.3, -0.25) is 4.79 Å². The molecule has 12 heavy (non-hydrogen) atoms. The van der Waals surface area contributed by atoms with Crippen LogP contribution < -0.4 is 4.74 Å². The molecule has 0 spiro atoms. The van der Waals surface area contributed by atoms with Crippen LogP contribution in [0, 0.1) is 0 Å². The van der Waals surface area contributed by atoms with Crippen molar-refractivity contribution in [1.29, 1.82) is 0 Å².